The molecule has 0 saturated carbocycles. The summed E-state index contributed by atoms with van der Waals surface area (Å²) in [4.78, 5) is 23.7. The lowest BCUT2D eigenvalue weighted by molar-refractivity contribution is -0.121. The van der Waals surface area contributed by atoms with Crippen LogP contribution in [-0.2, 0) is 11.3 Å². The zero-order valence-electron chi connectivity index (χ0n) is 14.0. The van der Waals surface area contributed by atoms with Crippen molar-refractivity contribution in [2.75, 3.05) is 13.7 Å². The topological polar surface area (TPSA) is 67.4 Å². The van der Waals surface area contributed by atoms with Gasteiger partial charge in [-0.15, -0.1) is 0 Å². The van der Waals surface area contributed by atoms with Crippen molar-refractivity contribution < 1.29 is 14.3 Å². The average molecular weight is 326 g/mol. The zero-order chi connectivity index (χ0) is 17.4. The molecule has 126 valence electrons. The molecular weight excluding hydrogens is 304 g/mol. The van der Waals surface area contributed by atoms with Gasteiger partial charge in [0.2, 0.25) is 5.91 Å². The van der Waals surface area contributed by atoms with Gasteiger partial charge in [0.25, 0.3) is 5.91 Å². The molecule has 2 aromatic carbocycles. The Morgan fingerprint density at radius 3 is 2.25 bits per heavy atom. The third-order valence-electron chi connectivity index (χ3n) is 3.60. The summed E-state index contributed by atoms with van der Waals surface area (Å²) in [7, 11) is 1.61. The van der Waals surface area contributed by atoms with Crippen molar-refractivity contribution in [1.29, 1.82) is 0 Å². The van der Waals surface area contributed by atoms with Crippen LogP contribution >= 0.6 is 0 Å². The van der Waals surface area contributed by atoms with Crippen molar-refractivity contribution >= 4 is 11.8 Å². The molecule has 0 aliphatic rings. The molecule has 0 aliphatic heterocycles. The van der Waals surface area contributed by atoms with Crippen LogP contribution in [0.5, 0.6) is 5.75 Å². The van der Waals surface area contributed by atoms with Crippen LogP contribution in [0.1, 0.15) is 27.9 Å². The fourth-order valence-corrected chi connectivity index (χ4v) is 2.13. The van der Waals surface area contributed by atoms with E-state index >= 15 is 0 Å². The molecule has 0 aromatic heterocycles. The molecule has 0 bridgehead atoms. The number of hydrogen-bond donors (Lipinski definition) is 2. The number of rotatable bonds is 7. The van der Waals surface area contributed by atoms with Gasteiger partial charge in [-0.3, -0.25) is 9.59 Å². The second kappa shape index (κ2) is 8.72. The SMILES string of the molecule is COc1ccc(CNC(=O)CCNC(=O)c2ccc(C)cc2)cc1. The standard InChI is InChI=1S/C19H22N2O3/c1-14-3-7-16(8-4-14)19(23)20-12-11-18(22)21-13-15-5-9-17(24-2)10-6-15/h3-10H,11-13H2,1-2H3,(H,20,23)(H,21,22). The Labute approximate surface area is 142 Å². The van der Waals surface area contributed by atoms with Gasteiger partial charge in [0.15, 0.2) is 0 Å². The lowest BCUT2D eigenvalue weighted by Gasteiger charge is -2.08. The number of carbonyl (C=O) groups is 2. The van der Waals surface area contributed by atoms with Crippen LogP contribution < -0.4 is 15.4 Å². The molecule has 0 saturated heterocycles. The normalized spacial score (nSPS) is 10.1. The molecule has 5 heteroatoms. The van der Waals surface area contributed by atoms with E-state index in [2.05, 4.69) is 10.6 Å². The zero-order valence-corrected chi connectivity index (χ0v) is 14.0. The van der Waals surface area contributed by atoms with Crippen LogP contribution in [0.15, 0.2) is 48.5 Å². The summed E-state index contributed by atoms with van der Waals surface area (Å²) in [5, 5.41) is 5.57. The number of benzene rings is 2. The molecule has 0 unspecified atom stereocenters. The minimum Gasteiger partial charge on any atom is -0.497 e. The monoisotopic (exact) mass is 326 g/mol. The fraction of sp³-hybridized carbons (Fsp3) is 0.263. The molecule has 24 heavy (non-hydrogen) atoms. The smallest absolute Gasteiger partial charge is 0.251 e. The molecule has 2 rings (SSSR count). The molecule has 0 fully saturated rings. The first kappa shape index (κ1) is 17.5. The lowest BCUT2D eigenvalue weighted by atomic mass is 10.1. The molecular formula is C19H22N2O3. The van der Waals surface area contributed by atoms with E-state index in [9.17, 15) is 9.59 Å². The van der Waals surface area contributed by atoms with E-state index in [4.69, 9.17) is 4.74 Å². The summed E-state index contributed by atoms with van der Waals surface area (Å²) in [6, 6.07) is 14.8. The number of nitrogens with one attached hydrogen (secondary N) is 2. The number of methoxy groups -OCH3 is 1. The van der Waals surface area contributed by atoms with Gasteiger partial charge in [-0.25, -0.2) is 0 Å². The number of hydrogen-bond acceptors (Lipinski definition) is 3. The highest BCUT2D eigenvalue weighted by Gasteiger charge is 2.06. The van der Waals surface area contributed by atoms with Crippen molar-refractivity contribution in [3.63, 3.8) is 0 Å². The number of ether oxygens (including phenoxy) is 1. The molecule has 2 aromatic rings. The molecule has 0 aliphatic carbocycles. The maximum atomic E-state index is 11.9. The molecule has 2 amide bonds. The first-order chi connectivity index (χ1) is 11.6. The predicted molar refractivity (Wildman–Crippen MR) is 93.0 cm³/mol. The van der Waals surface area contributed by atoms with E-state index in [1.807, 2.05) is 43.3 Å². The molecule has 5 nitrogen and oxygen atoms in total. The first-order valence-corrected chi connectivity index (χ1v) is 7.83. The fourth-order valence-electron chi connectivity index (χ4n) is 2.13. The van der Waals surface area contributed by atoms with Gasteiger partial charge in [-0.2, -0.15) is 0 Å². The Kier molecular flexibility index (Phi) is 6.37. The summed E-state index contributed by atoms with van der Waals surface area (Å²) < 4.78 is 5.09. The predicted octanol–water partition coefficient (Wildman–Crippen LogP) is 2.44. The van der Waals surface area contributed by atoms with Gasteiger partial charge in [-0.05, 0) is 36.8 Å². The largest absolute Gasteiger partial charge is 0.497 e. The molecule has 0 heterocycles. The molecule has 2 N–H and O–H groups in total. The van der Waals surface area contributed by atoms with Gasteiger partial charge in [0.1, 0.15) is 5.75 Å². The Balaban J connectivity index is 1.69. The third-order valence-corrected chi connectivity index (χ3v) is 3.60. The van der Waals surface area contributed by atoms with Crippen molar-refractivity contribution in [1.82, 2.24) is 10.6 Å². The van der Waals surface area contributed by atoms with Gasteiger partial charge in [0.05, 0.1) is 7.11 Å². The maximum absolute atomic E-state index is 11.9. The maximum Gasteiger partial charge on any atom is 0.251 e. The van der Waals surface area contributed by atoms with Crippen molar-refractivity contribution in [3.05, 3.63) is 65.2 Å². The Bertz CT molecular complexity index is 679. The van der Waals surface area contributed by atoms with Crippen molar-refractivity contribution in [2.45, 2.75) is 19.9 Å². The van der Waals surface area contributed by atoms with E-state index in [0.29, 0.717) is 18.7 Å². The summed E-state index contributed by atoms with van der Waals surface area (Å²) in [5.41, 5.74) is 2.69. The third kappa shape index (κ3) is 5.43. The van der Waals surface area contributed by atoms with Gasteiger partial charge in [0, 0.05) is 25.1 Å². The summed E-state index contributed by atoms with van der Waals surface area (Å²) in [5.74, 6) is 0.511. The summed E-state index contributed by atoms with van der Waals surface area (Å²) in [6.07, 6.45) is 0.244. The van der Waals surface area contributed by atoms with Crippen molar-refractivity contribution in [3.8, 4) is 5.75 Å². The Morgan fingerprint density at radius 1 is 0.958 bits per heavy atom. The van der Waals surface area contributed by atoms with Crippen LogP contribution in [0.3, 0.4) is 0 Å². The second-order valence-corrected chi connectivity index (χ2v) is 5.50. The minimum absolute atomic E-state index is 0.102. The van der Waals surface area contributed by atoms with Gasteiger partial charge < -0.3 is 15.4 Å². The van der Waals surface area contributed by atoms with E-state index in [1.165, 1.54) is 0 Å². The van der Waals surface area contributed by atoms with E-state index < -0.39 is 0 Å². The second-order valence-electron chi connectivity index (χ2n) is 5.50. The average Bonchev–Trinajstić information content (AvgIpc) is 2.61. The number of amides is 2. The number of carbonyl (C=O) groups excluding carboxylic acids is 2. The quantitative estimate of drug-likeness (QED) is 0.821. The highest BCUT2D eigenvalue weighted by Crippen LogP contribution is 2.10. The minimum atomic E-state index is -0.169. The van der Waals surface area contributed by atoms with E-state index in [0.717, 1.165) is 16.9 Å². The highest BCUT2D eigenvalue weighted by atomic mass is 16.5. The highest BCUT2D eigenvalue weighted by molar-refractivity contribution is 5.94. The van der Waals surface area contributed by atoms with Crippen molar-refractivity contribution in [2.24, 2.45) is 0 Å². The van der Waals surface area contributed by atoms with Crippen LogP contribution in [-0.4, -0.2) is 25.5 Å². The van der Waals surface area contributed by atoms with Crippen LogP contribution in [0.2, 0.25) is 0 Å². The molecule has 0 spiro atoms. The summed E-state index contributed by atoms with van der Waals surface area (Å²) in [6.45, 7) is 2.73. The molecule has 0 atom stereocenters. The first-order valence-electron chi connectivity index (χ1n) is 7.83. The van der Waals surface area contributed by atoms with Gasteiger partial charge in [-0.1, -0.05) is 29.8 Å². The Hall–Kier alpha value is -2.82. The van der Waals surface area contributed by atoms with E-state index in [1.54, 1.807) is 19.2 Å². The van der Waals surface area contributed by atoms with Crippen LogP contribution in [0.25, 0.3) is 0 Å². The van der Waals surface area contributed by atoms with Crippen LogP contribution in [0, 0.1) is 6.92 Å². The number of aryl methyl sites for hydroxylation is 1. The van der Waals surface area contributed by atoms with E-state index in [-0.39, 0.29) is 18.2 Å². The van der Waals surface area contributed by atoms with Crippen LogP contribution in [0.4, 0.5) is 0 Å². The van der Waals surface area contributed by atoms with Gasteiger partial charge >= 0.3 is 0 Å². The summed E-state index contributed by atoms with van der Waals surface area (Å²) >= 11 is 0. The molecule has 0 radical (unpaired) electrons. The lowest BCUT2D eigenvalue weighted by Crippen LogP contribution is -2.30. The Morgan fingerprint density at radius 2 is 1.62 bits per heavy atom.